The van der Waals surface area contributed by atoms with E-state index in [1.54, 1.807) is 6.07 Å². The van der Waals surface area contributed by atoms with E-state index in [1.165, 1.54) is 12.1 Å². The first-order valence-corrected chi connectivity index (χ1v) is 10.1. The summed E-state index contributed by atoms with van der Waals surface area (Å²) in [5, 5.41) is 5.43. The molecule has 8 heteroatoms. The van der Waals surface area contributed by atoms with Crippen molar-refractivity contribution in [3.63, 3.8) is 0 Å². The first-order chi connectivity index (χ1) is 12.8. The number of hydrogen-bond donors (Lipinski definition) is 3. The van der Waals surface area contributed by atoms with Crippen LogP contribution >= 0.6 is 0 Å². The number of nitrogens with one attached hydrogen (secondary N) is 3. The molecule has 2 aromatic rings. The Labute approximate surface area is 158 Å². The summed E-state index contributed by atoms with van der Waals surface area (Å²) in [6.07, 6.45) is 0.900. The second kappa shape index (κ2) is 7.50. The molecule has 0 bridgehead atoms. The van der Waals surface area contributed by atoms with Crippen molar-refractivity contribution in [2.45, 2.75) is 31.6 Å². The lowest BCUT2D eigenvalue weighted by molar-refractivity contribution is -0.115. The van der Waals surface area contributed by atoms with Gasteiger partial charge in [0.25, 0.3) is 0 Å². The molecule has 0 radical (unpaired) electrons. The van der Waals surface area contributed by atoms with Crippen LogP contribution in [0.15, 0.2) is 41.3 Å². The van der Waals surface area contributed by atoms with Gasteiger partial charge in [-0.3, -0.25) is 9.59 Å². The second-order valence-electron chi connectivity index (χ2n) is 6.38. The molecule has 1 aliphatic rings. The number of carbonyl (C=O) groups is 2. The van der Waals surface area contributed by atoms with Crippen molar-refractivity contribution in [3.8, 4) is 0 Å². The Morgan fingerprint density at radius 2 is 2.00 bits per heavy atom. The maximum Gasteiger partial charge on any atom is 0.241 e. The molecule has 0 saturated carbocycles. The first-order valence-electron chi connectivity index (χ1n) is 8.61. The second-order valence-corrected chi connectivity index (χ2v) is 8.15. The fourth-order valence-electron chi connectivity index (χ4n) is 3.00. The topological polar surface area (TPSA) is 104 Å². The molecule has 3 N–H and O–H groups in total. The number of para-hydroxylation sites is 1. The average Bonchev–Trinajstić information content (AvgIpc) is 3.01. The number of rotatable bonds is 6. The molecule has 0 aromatic heterocycles. The van der Waals surface area contributed by atoms with E-state index in [0.29, 0.717) is 16.9 Å². The van der Waals surface area contributed by atoms with E-state index >= 15 is 0 Å². The Hall–Kier alpha value is -2.71. The van der Waals surface area contributed by atoms with Gasteiger partial charge in [-0.1, -0.05) is 25.1 Å². The molecular weight excluding hydrogens is 366 g/mol. The zero-order valence-electron chi connectivity index (χ0n) is 15.1. The molecule has 3 rings (SSSR count). The van der Waals surface area contributed by atoms with Crippen molar-refractivity contribution >= 4 is 33.2 Å². The van der Waals surface area contributed by atoms with Crippen LogP contribution in [-0.2, 0) is 32.5 Å². The summed E-state index contributed by atoms with van der Waals surface area (Å²) in [4.78, 5) is 23.7. The summed E-state index contributed by atoms with van der Waals surface area (Å²) in [5.74, 6) is -0.613. The van der Waals surface area contributed by atoms with Gasteiger partial charge in [0.05, 0.1) is 17.9 Å². The average molecular weight is 387 g/mol. The van der Waals surface area contributed by atoms with Crippen molar-refractivity contribution in [1.29, 1.82) is 0 Å². The number of amides is 2. The Bertz CT molecular complexity index is 1020. The van der Waals surface area contributed by atoms with Gasteiger partial charge in [0.15, 0.2) is 0 Å². The largest absolute Gasteiger partial charge is 0.326 e. The molecule has 0 saturated heterocycles. The van der Waals surface area contributed by atoms with Gasteiger partial charge in [-0.15, -0.1) is 0 Å². The van der Waals surface area contributed by atoms with E-state index < -0.39 is 15.9 Å². The lowest BCUT2D eigenvalue weighted by Gasteiger charge is -2.13. The number of aryl methyl sites for hydroxylation is 2. The maximum atomic E-state index is 12.5. The van der Waals surface area contributed by atoms with Crippen molar-refractivity contribution in [1.82, 2.24) is 4.72 Å². The van der Waals surface area contributed by atoms with Gasteiger partial charge in [0, 0.05) is 11.4 Å². The minimum atomic E-state index is -3.86. The predicted octanol–water partition coefficient (Wildman–Crippen LogP) is 1.97. The summed E-state index contributed by atoms with van der Waals surface area (Å²) in [6.45, 7) is 3.49. The van der Waals surface area contributed by atoms with Gasteiger partial charge in [-0.05, 0) is 48.2 Å². The molecule has 27 heavy (non-hydrogen) atoms. The van der Waals surface area contributed by atoms with Gasteiger partial charge in [0.1, 0.15) is 0 Å². The fraction of sp³-hybridized carbons (Fsp3) is 0.263. The molecule has 1 heterocycles. The highest BCUT2D eigenvalue weighted by molar-refractivity contribution is 7.89. The van der Waals surface area contributed by atoms with Crippen molar-refractivity contribution < 1.29 is 18.0 Å². The standard InChI is InChI=1S/C19H21N3O4S/c1-3-13-6-4-5-12(2)19(13)22-18(24)11-20-27(25,26)15-7-8-16-14(9-15)10-17(23)21-16/h4-9,20H,3,10-11H2,1-2H3,(H,21,23)(H,22,24). The van der Waals surface area contributed by atoms with Crippen molar-refractivity contribution in [3.05, 3.63) is 53.1 Å². The highest BCUT2D eigenvalue weighted by atomic mass is 32.2. The highest BCUT2D eigenvalue weighted by Gasteiger charge is 2.22. The van der Waals surface area contributed by atoms with Gasteiger partial charge in [-0.25, -0.2) is 13.1 Å². The quantitative estimate of drug-likeness (QED) is 0.705. The summed E-state index contributed by atoms with van der Waals surface area (Å²) in [5.41, 5.74) is 3.86. The molecule has 2 aromatic carbocycles. The third-order valence-corrected chi connectivity index (χ3v) is 5.84. The van der Waals surface area contributed by atoms with Crippen LogP contribution in [0, 0.1) is 6.92 Å². The summed E-state index contributed by atoms with van der Waals surface area (Å²) in [6, 6.07) is 10.1. The molecule has 7 nitrogen and oxygen atoms in total. The minimum Gasteiger partial charge on any atom is -0.326 e. The van der Waals surface area contributed by atoms with E-state index in [2.05, 4.69) is 15.4 Å². The number of anilines is 2. The van der Waals surface area contributed by atoms with Gasteiger partial charge < -0.3 is 10.6 Å². The van der Waals surface area contributed by atoms with E-state index in [9.17, 15) is 18.0 Å². The molecule has 142 valence electrons. The number of carbonyl (C=O) groups excluding carboxylic acids is 2. The lowest BCUT2D eigenvalue weighted by atomic mass is 10.1. The van der Waals surface area contributed by atoms with E-state index in [1.807, 2.05) is 32.0 Å². The van der Waals surface area contributed by atoms with Crippen LogP contribution in [0.3, 0.4) is 0 Å². The fourth-order valence-corrected chi connectivity index (χ4v) is 4.03. The summed E-state index contributed by atoms with van der Waals surface area (Å²) < 4.78 is 27.2. The molecular formula is C19H21N3O4S. The molecule has 0 atom stereocenters. The van der Waals surface area contributed by atoms with Gasteiger partial charge in [0.2, 0.25) is 21.8 Å². The molecule has 0 aliphatic carbocycles. The molecule has 0 fully saturated rings. The summed E-state index contributed by atoms with van der Waals surface area (Å²) >= 11 is 0. The van der Waals surface area contributed by atoms with Crippen LogP contribution in [0.1, 0.15) is 23.6 Å². The number of fused-ring (bicyclic) bond motifs is 1. The predicted molar refractivity (Wildman–Crippen MR) is 103 cm³/mol. The van der Waals surface area contributed by atoms with Crippen molar-refractivity contribution in [2.75, 3.05) is 17.2 Å². The highest BCUT2D eigenvalue weighted by Crippen LogP contribution is 2.25. The molecule has 0 spiro atoms. The van der Waals surface area contributed by atoms with Crippen LogP contribution in [0.2, 0.25) is 0 Å². The monoisotopic (exact) mass is 387 g/mol. The minimum absolute atomic E-state index is 0.0238. The summed E-state index contributed by atoms with van der Waals surface area (Å²) in [7, 11) is -3.86. The van der Waals surface area contributed by atoms with Gasteiger partial charge >= 0.3 is 0 Å². The number of sulfonamides is 1. The van der Waals surface area contributed by atoms with Crippen LogP contribution in [0.4, 0.5) is 11.4 Å². The Morgan fingerprint density at radius 3 is 2.74 bits per heavy atom. The SMILES string of the molecule is CCc1cccc(C)c1NC(=O)CNS(=O)(=O)c1ccc2c(c1)CC(=O)N2. The lowest BCUT2D eigenvalue weighted by Crippen LogP contribution is -2.33. The zero-order valence-corrected chi connectivity index (χ0v) is 15.9. The van der Waals surface area contributed by atoms with Crippen LogP contribution < -0.4 is 15.4 Å². The molecule has 0 unspecified atom stereocenters. The van der Waals surface area contributed by atoms with Crippen LogP contribution in [0.5, 0.6) is 0 Å². The normalized spacial score (nSPS) is 13.2. The Kier molecular flexibility index (Phi) is 5.29. The van der Waals surface area contributed by atoms with Crippen LogP contribution in [0.25, 0.3) is 0 Å². The number of benzene rings is 2. The Morgan fingerprint density at radius 1 is 1.22 bits per heavy atom. The first kappa shape index (κ1) is 19.1. The third kappa shape index (κ3) is 4.17. The molecule has 1 aliphatic heterocycles. The van der Waals surface area contributed by atoms with Crippen LogP contribution in [-0.4, -0.2) is 26.8 Å². The smallest absolute Gasteiger partial charge is 0.241 e. The van der Waals surface area contributed by atoms with E-state index in [-0.39, 0.29) is 23.8 Å². The van der Waals surface area contributed by atoms with E-state index in [0.717, 1.165) is 17.5 Å². The maximum absolute atomic E-state index is 12.5. The third-order valence-electron chi connectivity index (χ3n) is 4.44. The van der Waals surface area contributed by atoms with E-state index in [4.69, 9.17) is 0 Å². The number of hydrogen-bond acceptors (Lipinski definition) is 4. The zero-order chi connectivity index (χ0) is 19.6. The molecule has 2 amide bonds. The Balaban J connectivity index is 1.68. The van der Waals surface area contributed by atoms with Gasteiger partial charge in [-0.2, -0.15) is 0 Å². The van der Waals surface area contributed by atoms with Crippen molar-refractivity contribution in [2.24, 2.45) is 0 Å².